The van der Waals surface area contributed by atoms with Crippen LogP contribution in [0.25, 0.3) is 11.6 Å². The second kappa shape index (κ2) is 6.86. The van der Waals surface area contributed by atoms with Crippen molar-refractivity contribution in [2.75, 3.05) is 0 Å². The Kier molecular flexibility index (Phi) is 4.42. The highest BCUT2D eigenvalue weighted by molar-refractivity contribution is 5.88. The van der Waals surface area contributed by atoms with Gasteiger partial charge in [-0.25, -0.2) is 4.79 Å². The van der Waals surface area contributed by atoms with Crippen LogP contribution in [0.15, 0.2) is 42.5 Å². The SMILES string of the molecule is C/C(=C\c1ccc(C(=O)O)cc1)c1ccc(C)c(C23CC4CC(CC(C4)C2)C3)c1. The molecule has 0 unspecified atom stereocenters. The fraction of sp³-hybridized carbons (Fsp3) is 0.444. The largest absolute Gasteiger partial charge is 0.478 e. The number of rotatable bonds is 4. The minimum absolute atomic E-state index is 0.333. The number of benzene rings is 2. The molecule has 0 aromatic heterocycles. The molecule has 2 heteroatoms. The summed E-state index contributed by atoms with van der Waals surface area (Å²) < 4.78 is 0. The second-order valence-electron chi connectivity index (χ2n) is 9.98. The van der Waals surface area contributed by atoms with Gasteiger partial charge in [-0.15, -0.1) is 0 Å². The predicted molar refractivity (Wildman–Crippen MR) is 118 cm³/mol. The lowest BCUT2D eigenvalue weighted by molar-refractivity contribution is -0.00547. The molecule has 2 aromatic carbocycles. The summed E-state index contributed by atoms with van der Waals surface area (Å²) in [5.41, 5.74) is 7.38. The molecule has 0 aliphatic heterocycles. The van der Waals surface area contributed by atoms with Crippen molar-refractivity contribution in [2.24, 2.45) is 17.8 Å². The monoisotopic (exact) mass is 386 g/mol. The van der Waals surface area contributed by atoms with Crippen LogP contribution in [-0.4, -0.2) is 11.1 Å². The Morgan fingerprint density at radius 2 is 1.48 bits per heavy atom. The highest BCUT2D eigenvalue weighted by atomic mass is 16.4. The number of hydrogen-bond acceptors (Lipinski definition) is 1. The Labute approximate surface area is 173 Å². The van der Waals surface area contributed by atoms with E-state index in [9.17, 15) is 4.79 Å². The first-order chi connectivity index (χ1) is 13.9. The summed E-state index contributed by atoms with van der Waals surface area (Å²) in [5, 5.41) is 9.09. The molecular formula is C27H30O2. The quantitative estimate of drug-likeness (QED) is 0.592. The molecule has 0 amide bonds. The number of carboxylic acid groups (broad SMARTS) is 1. The average molecular weight is 387 g/mol. The zero-order valence-corrected chi connectivity index (χ0v) is 17.4. The van der Waals surface area contributed by atoms with Gasteiger partial charge in [-0.05, 0) is 116 Å². The van der Waals surface area contributed by atoms with E-state index in [4.69, 9.17) is 5.11 Å². The van der Waals surface area contributed by atoms with E-state index in [0.717, 1.165) is 23.3 Å². The van der Waals surface area contributed by atoms with Crippen molar-refractivity contribution < 1.29 is 9.90 Å². The van der Waals surface area contributed by atoms with Gasteiger partial charge in [-0.2, -0.15) is 0 Å². The molecule has 4 aliphatic rings. The third-order valence-corrected chi connectivity index (χ3v) is 7.84. The van der Waals surface area contributed by atoms with Gasteiger partial charge >= 0.3 is 5.97 Å². The zero-order chi connectivity index (χ0) is 20.2. The fourth-order valence-corrected chi connectivity index (χ4v) is 6.93. The molecule has 1 N–H and O–H groups in total. The first-order valence-corrected chi connectivity index (χ1v) is 11.0. The first kappa shape index (κ1) is 18.7. The molecule has 0 saturated heterocycles. The van der Waals surface area contributed by atoms with E-state index < -0.39 is 5.97 Å². The summed E-state index contributed by atoms with van der Waals surface area (Å²) in [6.45, 7) is 4.46. The molecule has 4 bridgehead atoms. The van der Waals surface area contributed by atoms with Crippen molar-refractivity contribution in [2.45, 2.75) is 57.8 Å². The molecule has 29 heavy (non-hydrogen) atoms. The third-order valence-electron chi connectivity index (χ3n) is 7.84. The van der Waals surface area contributed by atoms with Crippen molar-refractivity contribution in [1.82, 2.24) is 0 Å². The van der Waals surface area contributed by atoms with Gasteiger partial charge in [0.2, 0.25) is 0 Å². The van der Waals surface area contributed by atoms with Crippen LogP contribution in [0.2, 0.25) is 0 Å². The van der Waals surface area contributed by atoms with Crippen molar-refractivity contribution in [3.05, 3.63) is 70.3 Å². The number of allylic oxidation sites excluding steroid dienone is 1. The van der Waals surface area contributed by atoms with Gasteiger partial charge in [0.15, 0.2) is 0 Å². The fourth-order valence-electron chi connectivity index (χ4n) is 6.93. The normalized spacial score (nSPS) is 30.6. The molecule has 0 atom stereocenters. The molecule has 4 fully saturated rings. The lowest BCUT2D eigenvalue weighted by Gasteiger charge is -2.57. The van der Waals surface area contributed by atoms with E-state index in [1.165, 1.54) is 55.2 Å². The van der Waals surface area contributed by atoms with Crippen LogP contribution < -0.4 is 0 Å². The molecule has 6 rings (SSSR count). The maximum Gasteiger partial charge on any atom is 0.335 e. The lowest BCUT2D eigenvalue weighted by Crippen LogP contribution is -2.48. The zero-order valence-electron chi connectivity index (χ0n) is 17.4. The van der Waals surface area contributed by atoms with Crippen LogP contribution in [0, 0.1) is 24.7 Å². The van der Waals surface area contributed by atoms with E-state index in [0.29, 0.717) is 11.0 Å². The number of aryl methyl sites for hydroxylation is 1. The average Bonchev–Trinajstić information content (AvgIpc) is 2.67. The van der Waals surface area contributed by atoms with Crippen molar-refractivity contribution in [3.63, 3.8) is 0 Å². The molecular weight excluding hydrogens is 356 g/mol. The Morgan fingerprint density at radius 1 is 0.931 bits per heavy atom. The van der Waals surface area contributed by atoms with Gasteiger partial charge in [0.05, 0.1) is 5.56 Å². The number of carbonyl (C=O) groups is 1. The van der Waals surface area contributed by atoms with Gasteiger partial charge in [0, 0.05) is 0 Å². The van der Waals surface area contributed by atoms with Gasteiger partial charge in [0.25, 0.3) is 0 Å². The van der Waals surface area contributed by atoms with Crippen LogP contribution in [0.5, 0.6) is 0 Å². The van der Waals surface area contributed by atoms with Gasteiger partial charge in [-0.3, -0.25) is 0 Å². The Morgan fingerprint density at radius 3 is 2.03 bits per heavy atom. The summed E-state index contributed by atoms with van der Waals surface area (Å²) in [6.07, 6.45) is 10.8. The van der Waals surface area contributed by atoms with E-state index in [-0.39, 0.29) is 0 Å². The van der Waals surface area contributed by atoms with Crippen LogP contribution in [-0.2, 0) is 5.41 Å². The Bertz CT molecular complexity index is 945. The number of hydrogen-bond donors (Lipinski definition) is 1. The van der Waals surface area contributed by atoms with Crippen LogP contribution in [0.4, 0.5) is 0 Å². The highest BCUT2D eigenvalue weighted by Crippen LogP contribution is 2.61. The summed E-state index contributed by atoms with van der Waals surface area (Å²) in [4.78, 5) is 11.1. The van der Waals surface area contributed by atoms with Gasteiger partial charge in [0.1, 0.15) is 0 Å². The van der Waals surface area contributed by atoms with Crippen LogP contribution in [0.3, 0.4) is 0 Å². The molecule has 4 saturated carbocycles. The predicted octanol–water partition coefficient (Wildman–Crippen LogP) is 6.72. The molecule has 4 aliphatic carbocycles. The van der Waals surface area contributed by atoms with Gasteiger partial charge < -0.3 is 5.11 Å². The lowest BCUT2D eigenvalue weighted by atomic mass is 9.47. The Hall–Kier alpha value is -2.35. The topological polar surface area (TPSA) is 37.3 Å². The van der Waals surface area contributed by atoms with E-state index in [1.807, 2.05) is 12.1 Å². The molecule has 150 valence electrons. The Balaban J connectivity index is 1.47. The molecule has 0 heterocycles. The molecule has 0 spiro atoms. The maximum absolute atomic E-state index is 11.1. The minimum atomic E-state index is -0.879. The number of carboxylic acids is 1. The smallest absolute Gasteiger partial charge is 0.335 e. The van der Waals surface area contributed by atoms with E-state index >= 15 is 0 Å². The molecule has 2 aromatic rings. The first-order valence-electron chi connectivity index (χ1n) is 11.0. The maximum atomic E-state index is 11.1. The van der Waals surface area contributed by atoms with Gasteiger partial charge in [-0.1, -0.05) is 36.4 Å². The summed E-state index contributed by atoms with van der Waals surface area (Å²) in [7, 11) is 0. The van der Waals surface area contributed by atoms with Crippen molar-refractivity contribution in [1.29, 1.82) is 0 Å². The van der Waals surface area contributed by atoms with Crippen LogP contribution in [0.1, 0.15) is 78.1 Å². The number of aromatic carboxylic acids is 1. The van der Waals surface area contributed by atoms with Crippen molar-refractivity contribution >= 4 is 17.6 Å². The van der Waals surface area contributed by atoms with Crippen LogP contribution >= 0.6 is 0 Å². The third kappa shape index (κ3) is 3.33. The summed E-state index contributed by atoms with van der Waals surface area (Å²) >= 11 is 0. The molecule has 2 nitrogen and oxygen atoms in total. The second-order valence-corrected chi connectivity index (χ2v) is 9.98. The van der Waals surface area contributed by atoms with E-state index in [2.05, 4.69) is 38.1 Å². The summed E-state index contributed by atoms with van der Waals surface area (Å²) in [6, 6.07) is 14.2. The standard InChI is InChI=1S/C27H30O2/c1-17-3-6-24(18(2)9-19-4-7-23(8-5-19)26(28)29)13-25(17)27-14-20-10-21(15-27)12-22(11-20)16-27/h3-9,13,20-22H,10-12,14-16H2,1-2H3,(H,28,29)/b18-9+. The van der Waals surface area contributed by atoms with Crippen molar-refractivity contribution in [3.8, 4) is 0 Å². The highest BCUT2D eigenvalue weighted by Gasteiger charge is 2.51. The summed E-state index contributed by atoms with van der Waals surface area (Å²) in [5.74, 6) is 1.98. The minimum Gasteiger partial charge on any atom is -0.478 e. The molecule has 0 radical (unpaired) electrons. The van der Waals surface area contributed by atoms with E-state index in [1.54, 1.807) is 17.7 Å².